The number of piperazine rings is 1. The van der Waals surface area contributed by atoms with Crippen molar-refractivity contribution in [2.75, 3.05) is 24.5 Å². The van der Waals surface area contributed by atoms with E-state index in [1.165, 1.54) is 6.07 Å². The fraction of sp³-hybridized carbons (Fsp3) is 0.500. The average Bonchev–Trinajstić information content (AvgIpc) is 2.32. The second kappa shape index (κ2) is 5.02. The summed E-state index contributed by atoms with van der Waals surface area (Å²) in [6.45, 7) is 4.97. The minimum Gasteiger partial charge on any atom is -0.366 e. The van der Waals surface area contributed by atoms with Crippen LogP contribution in [0.15, 0.2) is 18.2 Å². The second-order valence-corrected chi connectivity index (χ2v) is 4.47. The van der Waals surface area contributed by atoms with Crippen molar-refractivity contribution < 1.29 is 4.39 Å². The Morgan fingerprint density at radius 3 is 3.06 bits per heavy atom. The summed E-state index contributed by atoms with van der Waals surface area (Å²) in [6.07, 6.45) is 1.05. The minimum absolute atomic E-state index is 0.187. The number of halogens is 2. The zero-order valence-electron chi connectivity index (χ0n) is 9.34. The van der Waals surface area contributed by atoms with E-state index < -0.39 is 0 Å². The van der Waals surface area contributed by atoms with Gasteiger partial charge in [-0.1, -0.05) is 18.5 Å². The van der Waals surface area contributed by atoms with Crippen molar-refractivity contribution in [1.29, 1.82) is 0 Å². The third kappa shape index (κ3) is 2.30. The van der Waals surface area contributed by atoms with Crippen molar-refractivity contribution in [2.24, 2.45) is 0 Å². The number of anilines is 1. The summed E-state index contributed by atoms with van der Waals surface area (Å²) in [6, 6.07) is 5.48. The molecule has 1 N–H and O–H groups in total. The van der Waals surface area contributed by atoms with Gasteiger partial charge in [0.05, 0.1) is 5.02 Å². The average molecular weight is 243 g/mol. The molecule has 1 fully saturated rings. The van der Waals surface area contributed by atoms with Gasteiger partial charge in [-0.25, -0.2) is 4.39 Å². The highest BCUT2D eigenvalue weighted by Gasteiger charge is 2.21. The Balaban J connectivity index is 2.23. The summed E-state index contributed by atoms with van der Waals surface area (Å²) < 4.78 is 13.4. The van der Waals surface area contributed by atoms with Crippen LogP contribution in [-0.2, 0) is 0 Å². The number of benzene rings is 1. The molecule has 1 heterocycles. The molecule has 1 aromatic rings. The number of rotatable bonds is 2. The topological polar surface area (TPSA) is 15.3 Å². The molecule has 0 saturated carbocycles. The predicted octanol–water partition coefficient (Wildman–Crippen LogP) is 2.67. The van der Waals surface area contributed by atoms with Crippen LogP contribution in [0.4, 0.5) is 10.1 Å². The maximum Gasteiger partial charge on any atom is 0.143 e. The zero-order valence-corrected chi connectivity index (χ0v) is 10.1. The maximum absolute atomic E-state index is 13.4. The van der Waals surface area contributed by atoms with E-state index in [1.807, 2.05) is 6.07 Å². The maximum atomic E-state index is 13.4. The standard InChI is InChI=1S/C12H16ClFN2/c1-2-9-8-15-5-6-16(9)10-3-4-11(13)12(14)7-10/h3-4,7,9,15H,2,5-6,8H2,1H3. The fourth-order valence-corrected chi connectivity index (χ4v) is 2.25. The Labute approximate surface area is 100 Å². The highest BCUT2D eigenvalue weighted by atomic mass is 35.5. The quantitative estimate of drug-likeness (QED) is 0.858. The predicted molar refractivity (Wildman–Crippen MR) is 65.7 cm³/mol. The lowest BCUT2D eigenvalue weighted by atomic mass is 10.1. The molecule has 1 unspecified atom stereocenters. The smallest absolute Gasteiger partial charge is 0.143 e. The minimum atomic E-state index is -0.340. The van der Waals surface area contributed by atoms with Crippen molar-refractivity contribution in [2.45, 2.75) is 19.4 Å². The molecule has 0 amide bonds. The van der Waals surface area contributed by atoms with E-state index in [0.29, 0.717) is 6.04 Å². The van der Waals surface area contributed by atoms with Gasteiger partial charge in [0.2, 0.25) is 0 Å². The summed E-state index contributed by atoms with van der Waals surface area (Å²) in [5.74, 6) is -0.340. The van der Waals surface area contributed by atoms with Crippen LogP contribution >= 0.6 is 11.6 Å². The monoisotopic (exact) mass is 242 g/mol. The Kier molecular flexibility index (Phi) is 3.66. The zero-order chi connectivity index (χ0) is 11.5. The van der Waals surface area contributed by atoms with Gasteiger partial charge in [0.15, 0.2) is 0 Å². The number of nitrogens with zero attached hydrogens (tertiary/aromatic N) is 1. The van der Waals surface area contributed by atoms with Crippen LogP contribution in [0.3, 0.4) is 0 Å². The third-order valence-corrected chi connectivity index (χ3v) is 3.36. The second-order valence-electron chi connectivity index (χ2n) is 4.06. The number of hydrogen-bond acceptors (Lipinski definition) is 2. The summed E-state index contributed by atoms with van der Waals surface area (Å²) in [4.78, 5) is 2.25. The third-order valence-electron chi connectivity index (χ3n) is 3.06. The van der Waals surface area contributed by atoms with Crippen molar-refractivity contribution in [3.05, 3.63) is 29.0 Å². The van der Waals surface area contributed by atoms with E-state index in [2.05, 4.69) is 17.1 Å². The molecule has 4 heteroatoms. The highest BCUT2D eigenvalue weighted by molar-refractivity contribution is 6.30. The molecule has 16 heavy (non-hydrogen) atoms. The van der Waals surface area contributed by atoms with Gasteiger partial charge >= 0.3 is 0 Å². The lowest BCUT2D eigenvalue weighted by Gasteiger charge is -2.37. The molecule has 0 aromatic heterocycles. The molecular weight excluding hydrogens is 227 g/mol. The SMILES string of the molecule is CCC1CNCCN1c1ccc(Cl)c(F)c1. The Bertz CT molecular complexity index is 370. The molecule has 2 rings (SSSR count). The van der Waals surface area contributed by atoms with Gasteiger partial charge in [-0.05, 0) is 24.6 Å². The Hall–Kier alpha value is -0.800. The first-order valence-electron chi connectivity index (χ1n) is 5.64. The van der Waals surface area contributed by atoms with Gasteiger partial charge in [-0.15, -0.1) is 0 Å². The van der Waals surface area contributed by atoms with Gasteiger partial charge in [-0.2, -0.15) is 0 Å². The number of nitrogens with one attached hydrogen (secondary N) is 1. The molecule has 0 bridgehead atoms. The summed E-state index contributed by atoms with van der Waals surface area (Å²) in [5, 5.41) is 3.54. The van der Waals surface area contributed by atoms with Crippen molar-refractivity contribution in [3.8, 4) is 0 Å². The molecule has 0 aliphatic carbocycles. The van der Waals surface area contributed by atoms with Crippen molar-refractivity contribution >= 4 is 17.3 Å². The fourth-order valence-electron chi connectivity index (χ4n) is 2.13. The van der Waals surface area contributed by atoms with Gasteiger partial charge in [-0.3, -0.25) is 0 Å². The molecule has 2 nitrogen and oxygen atoms in total. The lowest BCUT2D eigenvalue weighted by molar-refractivity contribution is 0.465. The van der Waals surface area contributed by atoms with Gasteiger partial charge in [0.1, 0.15) is 5.82 Å². The molecule has 88 valence electrons. The van der Waals surface area contributed by atoms with Crippen LogP contribution in [0.5, 0.6) is 0 Å². The van der Waals surface area contributed by atoms with E-state index in [-0.39, 0.29) is 10.8 Å². The normalized spacial score (nSPS) is 21.2. The van der Waals surface area contributed by atoms with Gasteiger partial charge in [0.25, 0.3) is 0 Å². The highest BCUT2D eigenvalue weighted by Crippen LogP contribution is 2.24. The molecule has 0 spiro atoms. The molecule has 1 aliphatic rings. The van der Waals surface area contributed by atoms with E-state index in [0.717, 1.165) is 31.7 Å². The van der Waals surface area contributed by atoms with Crippen LogP contribution < -0.4 is 10.2 Å². The van der Waals surface area contributed by atoms with E-state index in [4.69, 9.17) is 11.6 Å². The summed E-state index contributed by atoms with van der Waals surface area (Å²) in [7, 11) is 0. The first kappa shape index (κ1) is 11.7. The van der Waals surface area contributed by atoms with Crippen molar-refractivity contribution in [1.82, 2.24) is 5.32 Å². The van der Waals surface area contributed by atoms with Crippen molar-refractivity contribution in [3.63, 3.8) is 0 Å². The van der Waals surface area contributed by atoms with Crippen LogP contribution in [0, 0.1) is 5.82 Å². The van der Waals surface area contributed by atoms with E-state index >= 15 is 0 Å². The van der Waals surface area contributed by atoms with Gasteiger partial charge in [0, 0.05) is 31.4 Å². The van der Waals surface area contributed by atoms with E-state index in [1.54, 1.807) is 6.07 Å². The molecule has 1 saturated heterocycles. The summed E-state index contributed by atoms with van der Waals surface area (Å²) in [5.41, 5.74) is 0.926. The molecular formula is C12H16ClFN2. The molecule has 1 aromatic carbocycles. The molecule has 1 atom stereocenters. The Morgan fingerprint density at radius 2 is 2.38 bits per heavy atom. The first-order chi connectivity index (χ1) is 7.72. The van der Waals surface area contributed by atoms with Crippen LogP contribution in [0.2, 0.25) is 5.02 Å². The number of hydrogen-bond donors (Lipinski definition) is 1. The van der Waals surface area contributed by atoms with Crippen LogP contribution in [-0.4, -0.2) is 25.7 Å². The van der Waals surface area contributed by atoms with Crippen LogP contribution in [0.25, 0.3) is 0 Å². The van der Waals surface area contributed by atoms with Crippen LogP contribution in [0.1, 0.15) is 13.3 Å². The molecule has 0 radical (unpaired) electrons. The Morgan fingerprint density at radius 1 is 1.56 bits per heavy atom. The summed E-state index contributed by atoms with van der Waals surface area (Å²) >= 11 is 5.68. The molecule has 1 aliphatic heterocycles. The van der Waals surface area contributed by atoms with Gasteiger partial charge < -0.3 is 10.2 Å². The lowest BCUT2D eigenvalue weighted by Crippen LogP contribution is -2.51. The largest absolute Gasteiger partial charge is 0.366 e. The van der Waals surface area contributed by atoms with E-state index in [9.17, 15) is 4.39 Å². The first-order valence-corrected chi connectivity index (χ1v) is 6.02.